The molecule has 3 N–H and O–H groups in total. The second-order valence-corrected chi connectivity index (χ2v) is 3.73. The van der Waals surface area contributed by atoms with Crippen molar-refractivity contribution < 1.29 is 4.79 Å². The number of amides is 1. The largest absolute Gasteiger partial charge is 0.343 e. The third-order valence-corrected chi connectivity index (χ3v) is 2.26. The van der Waals surface area contributed by atoms with Gasteiger partial charge in [-0.05, 0) is 13.8 Å². The molecule has 0 aliphatic heterocycles. The number of rotatable bonds is 7. The number of nitrogens with two attached hydrogens (primary N) is 1. The summed E-state index contributed by atoms with van der Waals surface area (Å²) in [6.07, 6.45) is 0.455. The van der Waals surface area contributed by atoms with E-state index in [1.807, 2.05) is 37.9 Å². The van der Waals surface area contributed by atoms with E-state index in [2.05, 4.69) is 5.43 Å². The molecule has 0 rings (SSSR count). The van der Waals surface area contributed by atoms with Crippen molar-refractivity contribution in [2.24, 2.45) is 5.73 Å². The second-order valence-electron chi connectivity index (χ2n) is 3.73. The van der Waals surface area contributed by atoms with Crippen molar-refractivity contribution in [3.63, 3.8) is 0 Å². The molecule has 0 aromatic rings. The molecule has 0 bridgehead atoms. The minimum Gasteiger partial charge on any atom is -0.343 e. The first-order valence-corrected chi connectivity index (χ1v) is 5.46. The van der Waals surface area contributed by atoms with E-state index in [4.69, 9.17) is 5.73 Å². The Morgan fingerprint density at radius 3 is 2.20 bits per heavy atom. The fourth-order valence-corrected chi connectivity index (χ4v) is 1.46. The fourth-order valence-electron chi connectivity index (χ4n) is 1.46. The number of hydrazine groups is 1. The molecule has 0 saturated heterocycles. The molecule has 0 aliphatic carbocycles. The maximum Gasteiger partial charge on any atom is 0.224 e. The molecule has 1 amide bonds. The maximum atomic E-state index is 11.8. The van der Waals surface area contributed by atoms with Crippen LogP contribution in [-0.2, 0) is 4.79 Å². The van der Waals surface area contributed by atoms with Gasteiger partial charge in [0.05, 0.1) is 0 Å². The van der Waals surface area contributed by atoms with Gasteiger partial charge in [-0.2, -0.15) is 0 Å². The molecule has 0 radical (unpaired) electrons. The Kier molecular flexibility index (Phi) is 7.29. The first-order valence-electron chi connectivity index (χ1n) is 5.46. The number of nitrogens with zero attached hydrogens (tertiary/aromatic N) is 2. The van der Waals surface area contributed by atoms with Crippen molar-refractivity contribution in [3.8, 4) is 0 Å². The lowest BCUT2D eigenvalue weighted by Gasteiger charge is -2.25. The molecule has 5 heteroatoms. The van der Waals surface area contributed by atoms with Gasteiger partial charge in [-0.15, -0.1) is 0 Å². The summed E-state index contributed by atoms with van der Waals surface area (Å²) in [6, 6.07) is 0.0214. The summed E-state index contributed by atoms with van der Waals surface area (Å²) in [4.78, 5) is 13.6. The molecule has 0 aliphatic rings. The maximum absolute atomic E-state index is 11.8. The van der Waals surface area contributed by atoms with Crippen LogP contribution in [0, 0.1) is 0 Å². The molecular weight excluding hydrogens is 192 g/mol. The molecule has 1 unspecified atom stereocenters. The van der Waals surface area contributed by atoms with E-state index in [0.29, 0.717) is 13.0 Å². The van der Waals surface area contributed by atoms with E-state index >= 15 is 0 Å². The predicted molar refractivity (Wildman–Crippen MR) is 62.2 cm³/mol. The van der Waals surface area contributed by atoms with E-state index in [1.165, 1.54) is 0 Å². The summed E-state index contributed by atoms with van der Waals surface area (Å²) in [5, 5.41) is 1.83. The zero-order chi connectivity index (χ0) is 11.8. The monoisotopic (exact) mass is 216 g/mol. The first-order chi connectivity index (χ1) is 7.04. The summed E-state index contributed by atoms with van der Waals surface area (Å²) < 4.78 is 0. The van der Waals surface area contributed by atoms with Crippen LogP contribution in [0.15, 0.2) is 0 Å². The Balaban J connectivity index is 4.10. The lowest BCUT2D eigenvalue weighted by Crippen LogP contribution is -2.47. The molecule has 15 heavy (non-hydrogen) atoms. The third-order valence-electron chi connectivity index (χ3n) is 2.26. The van der Waals surface area contributed by atoms with Crippen molar-refractivity contribution in [2.75, 3.05) is 33.7 Å². The van der Waals surface area contributed by atoms with Crippen LogP contribution in [0.3, 0.4) is 0 Å². The van der Waals surface area contributed by atoms with Gasteiger partial charge in [0, 0.05) is 46.2 Å². The van der Waals surface area contributed by atoms with Crippen molar-refractivity contribution >= 4 is 5.91 Å². The van der Waals surface area contributed by atoms with Crippen LogP contribution in [-0.4, -0.2) is 55.6 Å². The lowest BCUT2D eigenvalue weighted by molar-refractivity contribution is -0.131. The van der Waals surface area contributed by atoms with Gasteiger partial charge >= 0.3 is 0 Å². The minimum atomic E-state index is 0.0214. The molecule has 0 saturated carbocycles. The van der Waals surface area contributed by atoms with Crippen LogP contribution in [0.25, 0.3) is 0 Å². The normalized spacial score (nSPS) is 12.9. The third kappa shape index (κ3) is 5.71. The van der Waals surface area contributed by atoms with Gasteiger partial charge in [-0.1, -0.05) is 0 Å². The molecule has 0 aromatic heterocycles. The Bertz CT molecular complexity index is 180. The number of carbonyl (C=O) groups is 1. The Labute approximate surface area is 92.6 Å². The summed E-state index contributed by atoms with van der Waals surface area (Å²) >= 11 is 0. The molecule has 5 nitrogen and oxygen atoms in total. The molecule has 0 heterocycles. The Morgan fingerprint density at radius 2 is 1.87 bits per heavy atom. The molecule has 0 spiro atoms. The van der Waals surface area contributed by atoms with Crippen LogP contribution < -0.4 is 11.2 Å². The van der Waals surface area contributed by atoms with Crippen LogP contribution >= 0.6 is 0 Å². The highest BCUT2D eigenvalue weighted by Gasteiger charge is 2.16. The van der Waals surface area contributed by atoms with E-state index < -0.39 is 0 Å². The quantitative estimate of drug-likeness (QED) is 0.571. The molecule has 1 atom stereocenters. The van der Waals surface area contributed by atoms with Crippen molar-refractivity contribution in [1.29, 1.82) is 0 Å². The lowest BCUT2D eigenvalue weighted by atomic mass is 10.2. The van der Waals surface area contributed by atoms with Crippen LogP contribution in [0.1, 0.15) is 20.3 Å². The van der Waals surface area contributed by atoms with Crippen molar-refractivity contribution in [3.05, 3.63) is 0 Å². The average molecular weight is 216 g/mol. The van der Waals surface area contributed by atoms with Gasteiger partial charge in [0.25, 0.3) is 0 Å². The average Bonchev–Trinajstić information content (AvgIpc) is 2.17. The molecule has 0 fully saturated rings. The summed E-state index contributed by atoms with van der Waals surface area (Å²) in [5.41, 5.74) is 8.72. The van der Waals surface area contributed by atoms with Crippen LogP contribution in [0.4, 0.5) is 0 Å². The first kappa shape index (κ1) is 14.3. The van der Waals surface area contributed by atoms with E-state index in [-0.39, 0.29) is 11.9 Å². The second kappa shape index (κ2) is 7.62. The van der Waals surface area contributed by atoms with Gasteiger partial charge in [0.2, 0.25) is 5.91 Å². The van der Waals surface area contributed by atoms with Crippen LogP contribution in [0.2, 0.25) is 0 Å². The minimum absolute atomic E-state index is 0.0214. The number of nitrogens with one attached hydrogen (secondary N) is 1. The highest BCUT2D eigenvalue weighted by atomic mass is 16.2. The topological polar surface area (TPSA) is 61.6 Å². The van der Waals surface area contributed by atoms with Crippen molar-refractivity contribution in [1.82, 2.24) is 15.3 Å². The standard InChI is InChI=1S/C10H24N4O/c1-5-14(6-2)10(15)7-9(8-11)12-13(3)4/h9,12H,5-8,11H2,1-4H3. The predicted octanol–water partition coefficient (Wildman–Crippen LogP) is -0.362. The highest BCUT2D eigenvalue weighted by Crippen LogP contribution is 1.98. The number of hydrogen-bond acceptors (Lipinski definition) is 4. The number of hydrogen-bond donors (Lipinski definition) is 2. The zero-order valence-corrected chi connectivity index (χ0v) is 10.3. The van der Waals surface area contributed by atoms with Gasteiger partial charge < -0.3 is 10.6 Å². The van der Waals surface area contributed by atoms with E-state index in [1.54, 1.807) is 0 Å². The smallest absolute Gasteiger partial charge is 0.224 e. The SMILES string of the molecule is CCN(CC)C(=O)CC(CN)NN(C)C. The van der Waals surface area contributed by atoms with E-state index in [9.17, 15) is 4.79 Å². The molecular formula is C10H24N4O. The molecule has 90 valence electrons. The zero-order valence-electron chi connectivity index (χ0n) is 10.3. The summed E-state index contributed by atoms with van der Waals surface area (Å²) in [7, 11) is 3.79. The van der Waals surface area contributed by atoms with Gasteiger partial charge in [-0.3, -0.25) is 15.2 Å². The number of carbonyl (C=O) groups excluding carboxylic acids is 1. The Hall–Kier alpha value is -0.650. The van der Waals surface area contributed by atoms with Crippen molar-refractivity contribution in [2.45, 2.75) is 26.3 Å². The van der Waals surface area contributed by atoms with Crippen LogP contribution in [0.5, 0.6) is 0 Å². The van der Waals surface area contributed by atoms with Gasteiger partial charge in [-0.25, -0.2) is 0 Å². The molecule has 0 aromatic carbocycles. The summed E-state index contributed by atoms with van der Waals surface area (Å²) in [5.74, 6) is 0.157. The van der Waals surface area contributed by atoms with Gasteiger partial charge in [0.15, 0.2) is 0 Å². The van der Waals surface area contributed by atoms with E-state index in [0.717, 1.165) is 13.1 Å². The highest BCUT2D eigenvalue weighted by molar-refractivity contribution is 5.76. The Morgan fingerprint density at radius 1 is 1.33 bits per heavy atom. The fraction of sp³-hybridized carbons (Fsp3) is 0.900. The summed E-state index contributed by atoms with van der Waals surface area (Å²) in [6.45, 7) is 5.95. The van der Waals surface area contributed by atoms with Gasteiger partial charge in [0.1, 0.15) is 0 Å².